The molecule has 0 radical (unpaired) electrons. The van der Waals surface area contributed by atoms with E-state index >= 15 is 0 Å². The third kappa shape index (κ3) is 9.77. The first-order valence-electron chi connectivity index (χ1n) is 4.81. The van der Waals surface area contributed by atoms with Crippen molar-refractivity contribution in [3.8, 4) is 0 Å². The minimum Gasteiger partial charge on any atom is -0.463 e. The molecule has 0 aliphatic rings. The van der Waals surface area contributed by atoms with Crippen LogP contribution in [-0.2, 0) is 9.53 Å². The quantitative estimate of drug-likeness (QED) is 0.172. The Morgan fingerprint density at radius 3 is 2.50 bits per heavy atom. The van der Waals surface area contributed by atoms with E-state index in [0.717, 1.165) is 19.3 Å². The third-order valence-corrected chi connectivity index (χ3v) is 2.36. The van der Waals surface area contributed by atoms with Crippen LogP contribution in [0.4, 0.5) is 0 Å². The second-order valence-electron chi connectivity index (χ2n) is 2.82. The maximum atomic E-state index is 10.6. The van der Waals surface area contributed by atoms with E-state index in [1.165, 1.54) is 16.9 Å². The molecule has 0 aliphatic carbocycles. The lowest BCUT2D eigenvalue weighted by molar-refractivity contribution is -0.137. The average Bonchev–Trinajstić information content (AvgIpc) is 2.21. The fraction of sp³-hybridized carbons (Fsp3) is 0.545. The largest absolute Gasteiger partial charge is 0.463 e. The lowest BCUT2D eigenvalue weighted by atomic mass is 10.2. The Balaban J connectivity index is 3.16. The molecule has 3 heteroatoms. The third-order valence-electron chi connectivity index (χ3n) is 1.60. The van der Waals surface area contributed by atoms with Crippen LogP contribution in [0.2, 0.25) is 0 Å². The van der Waals surface area contributed by atoms with Crippen LogP contribution in [0.25, 0.3) is 0 Å². The fourth-order valence-corrected chi connectivity index (χ4v) is 1.30. The summed E-state index contributed by atoms with van der Waals surface area (Å²) in [4.78, 5) is 10.6. The number of carbonyl (C=O) groups excluding carboxylic acids is 1. The van der Waals surface area contributed by atoms with Gasteiger partial charge in [0, 0.05) is 6.08 Å². The molecule has 0 fully saturated rings. The Kier molecular flexibility index (Phi) is 10.5. The molecule has 0 aromatic carbocycles. The fourth-order valence-electron chi connectivity index (χ4n) is 0.864. The van der Waals surface area contributed by atoms with Crippen LogP contribution in [0, 0.1) is 0 Å². The zero-order valence-electron chi connectivity index (χ0n) is 8.38. The van der Waals surface area contributed by atoms with Crippen molar-refractivity contribution in [2.75, 3.05) is 11.0 Å². The van der Waals surface area contributed by atoms with E-state index < -0.39 is 0 Å². The summed E-state index contributed by atoms with van der Waals surface area (Å²) in [7, 11) is 0. The van der Waals surface area contributed by atoms with Crippen molar-refractivity contribution in [3.63, 3.8) is 0 Å². The Bertz CT molecular complexity index is 188. The summed E-state index contributed by atoms with van der Waals surface area (Å²) in [6.45, 7) is 3.81. The molecule has 0 aromatic heterocycles. The van der Waals surface area contributed by atoms with E-state index in [2.05, 4.69) is 41.3 Å². The minimum absolute atomic E-state index is 0.334. The lowest BCUT2D eigenvalue weighted by Gasteiger charge is -1.98. The van der Waals surface area contributed by atoms with Crippen LogP contribution in [0.1, 0.15) is 25.7 Å². The van der Waals surface area contributed by atoms with Crippen molar-refractivity contribution >= 4 is 28.6 Å². The topological polar surface area (TPSA) is 26.3 Å². The van der Waals surface area contributed by atoms with Crippen LogP contribution in [0.3, 0.4) is 0 Å². The van der Waals surface area contributed by atoms with Gasteiger partial charge in [0.2, 0.25) is 0 Å². The van der Waals surface area contributed by atoms with Crippen molar-refractivity contribution in [2.24, 2.45) is 0 Å². The van der Waals surface area contributed by atoms with Gasteiger partial charge in [0.1, 0.15) is 0 Å². The van der Waals surface area contributed by atoms with Crippen molar-refractivity contribution in [1.82, 2.24) is 0 Å². The number of ether oxygens (including phenoxy) is 1. The molecule has 0 unspecified atom stereocenters. The molecular formula is C11H17IO2. The molecule has 14 heavy (non-hydrogen) atoms. The van der Waals surface area contributed by atoms with E-state index in [-0.39, 0.29) is 5.97 Å². The van der Waals surface area contributed by atoms with Crippen molar-refractivity contribution in [3.05, 3.63) is 24.8 Å². The summed E-state index contributed by atoms with van der Waals surface area (Å²) in [5.74, 6) is -0.334. The van der Waals surface area contributed by atoms with Gasteiger partial charge in [-0.1, -0.05) is 41.3 Å². The summed E-state index contributed by atoms with van der Waals surface area (Å²) in [6, 6.07) is 0. The zero-order valence-corrected chi connectivity index (χ0v) is 10.5. The predicted octanol–water partition coefficient (Wildman–Crippen LogP) is 3.27. The number of esters is 1. The minimum atomic E-state index is -0.334. The molecule has 0 aliphatic heterocycles. The number of allylic oxidation sites excluding steroid dienone is 2. The van der Waals surface area contributed by atoms with E-state index in [4.69, 9.17) is 4.74 Å². The first-order chi connectivity index (χ1) is 6.81. The van der Waals surface area contributed by atoms with Gasteiger partial charge in [-0.15, -0.1) is 0 Å². The molecule has 2 nitrogen and oxygen atoms in total. The number of hydrogen-bond donors (Lipinski definition) is 0. The first-order valence-corrected chi connectivity index (χ1v) is 6.34. The van der Waals surface area contributed by atoms with Crippen LogP contribution in [-0.4, -0.2) is 17.0 Å². The number of alkyl halides is 1. The lowest BCUT2D eigenvalue weighted by Crippen LogP contribution is -2.00. The maximum Gasteiger partial charge on any atom is 0.330 e. The SMILES string of the molecule is C=CC(=O)OCCC/C=C\CCCI. The molecule has 0 spiro atoms. The summed E-state index contributed by atoms with van der Waals surface area (Å²) in [5, 5.41) is 0. The summed E-state index contributed by atoms with van der Waals surface area (Å²) >= 11 is 2.37. The molecule has 0 saturated heterocycles. The molecule has 0 N–H and O–H groups in total. The number of rotatable bonds is 8. The van der Waals surface area contributed by atoms with Gasteiger partial charge in [-0.25, -0.2) is 4.79 Å². The summed E-state index contributed by atoms with van der Waals surface area (Å²) < 4.78 is 6.03. The molecule has 0 atom stereocenters. The van der Waals surface area contributed by atoms with Gasteiger partial charge in [-0.3, -0.25) is 0 Å². The van der Waals surface area contributed by atoms with Gasteiger partial charge in [0.25, 0.3) is 0 Å². The molecule has 0 amide bonds. The number of unbranched alkanes of at least 4 members (excludes halogenated alkanes) is 2. The second kappa shape index (κ2) is 10.8. The van der Waals surface area contributed by atoms with Gasteiger partial charge < -0.3 is 4.74 Å². The number of carbonyl (C=O) groups is 1. The summed E-state index contributed by atoms with van der Waals surface area (Å²) in [5.41, 5.74) is 0. The van der Waals surface area contributed by atoms with Crippen LogP contribution in [0.15, 0.2) is 24.8 Å². The molecule has 0 heterocycles. The molecule has 0 saturated carbocycles. The van der Waals surface area contributed by atoms with Crippen molar-refractivity contribution in [2.45, 2.75) is 25.7 Å². The van der Waals surface area contributed by atoms with Crippen molar-refractivity contribution in [1.29, 1.82) is 0 Å². The van der Waals surface area contributed by atoms with E-state index in [9.17, 15) is 4.79 Å². The standard InChI is InChI=1S/C11H17IO2/c1-2-11(13)14-10-8-6-4-3-5-7-9-12/h2-4H,1,5-10H2/b4-3-. The molecule has 0 bridgehead atoms. The molecule has 80 valence electrons. The highest BCUT2D eigenvalue weighted by molar-refractivity contribution is 14.1. The van der Waals surface area contributed by atoms with E-state index in [1.807, 2.05) is 0 Å². The van der Waals surface area contributed by atoms with E-state index in [1.54, 1.807) is 0 Å². The van der Waals surface area contributed by atoms with Crippen molar-refractivity contribution < 1.29 is 9.53 Å². The Labute approximate surface area is 99.5 Å². The monoisotopic (exact) mass is 308 g/mol. The highest BCUT2D eigenvalue weighted by Crippen LogP contribution is 1.98. The average molecular weight is 308 g/mol. The van der Waals surface area contributed by atoms with E-state index in [0.29, 0.717) is 6.61 Å². The zero-order chi connectivity index (χ0) is 10.6. The Morgan fingerprint density at radius 2 is 1.93 bits per heavy atom. The maximum absolute atomic E-state index is 10.6. The van der Waals surface area contributed by atoms with Gasteiger partial charge in [-0.2, -0.15) is 0 Å². The second-order valence-corrected chi connectivity index (χ2v) is 3.90. The smallest absolute Gasteiger partial charge is 0.330 e. The predicted molar refractivity (Wildman–Crippen MR) is 67.7 cm³/mol. The van der Waals surface area contributed by atoms with Crippen LogP contribution >= 0.6 is 22.6 Å². The normalized spacial score (nSPS) is 10.4. The number of hydrogen-bond acceptors (Lipinski definition) is 2. The van der Waals surface area contributed by atoms with Crippen LogP contribution in [0.5, 0.6) is 0 Å². The number of halogens is 1. The molecule has 0 rings (SSSR count). The van der Waals surface area contributed by atoms with Gasteiger partial charge in [0.15, 0.2) is 0 Å². The van der Waals surface area contributed by atoms with Gasteiger partial charge in [0.05, 0.1) is 6.61 Å². The highest BCUT2D eigenvalue weighted by atomic mass is 127. The Hall–Kier alpha value is -0.320. The molecule has 0 aromatic rings. The van der Waals surface area contributed by atoms with Crippen LogP contribution < -0.4 is 0 Å². The Morgan fingerprint density at radius 1 is 1.29 bits per heavy atom. The highest BCUT2D eigenvalue weighted by Gasteiger charge is 1.92. The first kappa shape index (κ1) is 13.7. The molecular weight excluding hydrogens is 291 g/mol. The van der Waals surface area contributed by atoms with Gasteiger partial charge in [-0.05, 0) is 30.1 Å². The van der Waals surface area contributed by atoms with Gasteiger partial charge >= 0.3 is 5.97 Å². The summed E-state index contributed by atoms with van der Waals surface area (Å²) in [6.07, 6.45) is 9.78.